The minimum atomic E-state index is 0.434. The van der Waals surface area contributed by atoms with Crippen molar-refractivity contribution in [3.63, 3.8) is 0 Å². The van der Waals surface area contributed by atoms with Crippen LogP contribution in [0.4, 0.5) is 0 Å². The molecular weight excluding hydrogens is 222 g/mol. The molecule has 2 heterocycles. The van der Waals surface area contributed by atoms with Gasteiger partial charge in [0.05, 0.1) is 22.8 Å². The van der Waals surface area contributed by atoms with Gasteiger partial charge in [-0.15, -0.1) is 0 Å². The summed E-state index contributed by atoms with van der Waals surface area (Å²) in [7, 11) is 0. The van der Waals surface area contributed by atoms with Crippen molar-refractivity contribution >= 4 is 11.4 Å². The Morgan fingerprint density at radius 1 is 1.44 bits per heavy atom. The van der Waals surface area contributed by atoms with Gasteiger partial charge in [0.15, 0.2) is 0 Å². The quantitative estimate of drug-likeness (QED) is 0.747. The van der Waals surface area contributed by atoms with E-state index in [1.165, 1.54) is 0 Å². The molecule has 0 saturated heterocycles. The first kappa shape index (κ1) is 12.7. The van der Waals surface area contributed by atoms with Crippen LogP contribution in [-0.2, 0) is 0 Å². The highest BCUT2D eigenvalue weighted by atomic mass is 14.9. The van der Waals surface area contributed by atoms with Crippen LogP contribution in [0.15, 0.2) is 40.5 Å². The Kier molecular flexibility index (Phi) is 4.03. The number of rotatable bonds is 3. The second-order valence-corrected chi connectivity index (χ2v) is 4.57. The molecule has 94 valence electrons. The zero-order valence-electron chi connectivity index (χ0n) is 11.2. The molecule has 0 spiro atoms. The first-order valence-electron chi connectivity index (χ1n) is 6.40. The monoisotopic (exact) mass is 241 g/mol. The lowest BCUT2D eigenvalue weighted by Crippen LogP contribution is -2.05. The van der Waals surface area contributed by atoms with Crippen LogP contribution in [0.3, 0.4) is 0 Å². The smallest absolute Gasteiger partial charge is 0.0849 e. The van der Waals surface area contributed by atoms with Gasteiger partial charge in [0.2, 0.25) is 0 Å². The van der Waals surface area contributed by atoms with E-state index in [9.17, 15) is 0 Å². The predicted octanol–water partition coefficient (Wildman–Crippen LogP) is 3.40. The Hall–Kier alpha value is -1.77. The largest absolute Gasteiger partial charge is 0.284 e. The highest BCUT2D eigenvalue weighted by molar-refractivity contribution is 6.02. The second-order valence-electron chi connectivity index (χ2n) is 4.57. The van der Waals surface area contributed by atoms with Gasteiger partial charge in [0.1, 0.15) is 0 Å². The summed E-state index contributed by atoms with van der Waals surface area (Å²) in [6, 6.07) is 6.48. The molecule has 3 heteroatoms. The van der Waals surface area contributed by atoms with E-state index < -0.39 is 0 Å². The van der Waals surface area contributed by atoms with Gasteiger partial charge in [-0.1, -0.05) is 12.1 Å². The van der Waals surface area contributed by atoms with Crippen molar-refractivity contribution in [2.24, 2.45) is 9.98 Å². The van der Waals surface area contributed by atoms with Gasteiger partial charge in [-0.2, -0.15) is 0 Å². The Balaban J connectivity index is 2.28. The number of allylic oxidation sites excluding steroid dienone is 1. The van der Waals surface area contributed by atoms with E-state index in [-0.39, 0.29) is 0 Å². The molecule has 0 aliphatic carbocycles. The topological polar surface area (TPSA) is 37.6 Å². The number of hydrogen-bond donors (Lipinski definition) is 0. The molecule has 0 radical (unpaired) electrons. The summed E-state index contributed by atoms with van der Waals surface area (Å²) in [5.74, 6) is 0. The first-order valence-corrected chi connectivity index (χ1v) is 6.40. The Morgan fingerprint density at radius 3 is 2.94 bits per heavy atom. The predicted molar refractivity (Wildman–Crippen MR) is 76.5 cm³/mol. The van der Waals surface area contributed by atoms with Crippen LogP contribution in [0.2, 0.25) is 0 Å². The van der Waals surface area contributed by atoms with Crippen molar-refractivity contribution in [1.29, 1.82) is 0 Å². The molecule has 18 heavy (non-hydrogen) atoms. The molecule has 0 saturated carbocycles. The van der Waals surface area contributed by atoms with Crippen LogP contribution < -0.4 is 0 Å². The van der Waals surface area contributed by atoms with Gasteiger partial charge >= 0.3 is 0 Å². The number of aromatic nitrogens is 1. The van der Waals surface area contributed by atoms with Crippen molar-refractivity contribution < 1.29 is 0 Å². The zero-order chi connectivity index (χ0) is 13.0. The summed E-state index contributed by atoms with van der Waals surface area (Å²) in [5.41, 5.74) is 3.98. The highest BCUT2D eigenvalue weighted by Gasteiger charge is 2.16. The van der Waals surface area contributed by atoms with Crippen molar-refractivity contribution in [3.05, 3.63) is 41.9 Å². The summed E-state index contributed by atoms with van der Waals surface area (Å²) < 4.78 is 0. The van der Waals surface area contributed by atoms with E-state index in [4.69, 9.17) is 0 Å². The van der Waals surface area contributed by atoms with Crippen LogP contribution in [0, 0.1) is 0 Å². The van der Waals surface area contributed by atoms with Crippen LogP contribution >= 0.6 is 0 Å². The maximum atomic E-state index is 4.65. The molecule has 1 atom stereocenters. The second kappa shape index (κ2) is 5.71. The third-order valence-electron chi connectivity index (χ3n) is 3.01. The summed E-state index contributed by atoms with van der Waals surface area (Å²) in [4.78, 5) is 13.6. The highest BCUT2D eigenvalue weighted by Crippen LogP contribution is 2.17. The third kappa shape index (κ3) is 2.92. The van der Waals surface area contributed by atoms with Crippen LogP contribution in [0.1, 0.15) is 45.0 Å². The summed E-state index contributed by atoms with van der Waals surface area (Å²) in [5, 5.41) is 0. The van der Waals surface area contributed by atoms with E-state index in [1.54, 1.807) is 6.20 Å². The molecule has 0 aromatic carbocycles. The van der Waals surface area contributed by atoms with E-state index in [0.717, 1.165) is 35.7 Å². The van der Waals surface area contributed by atoms with Crippen LogP contribution in [0.25, 0.3) is 0 Å². The first-order chi connectivity index (χ1) is 8.70. The fraction of sp³-hybridized carbons (Fsp3) is 0.400. The van der Waals surface area contributed by atoms with Crippen LogP contribution in [-0.4, -0.2) is 22.4 Å². The maximum absolute atomic E-state index is 4.65. The average molecular weight is 241 g/mol. The zero-order valence-corrected chi connectivity index (χ0v) is 11.2. The van der Waals surface area contributed by atoms with E-state index >= 15 is 0 Å². The molecule has 0 fully saturated rings. The number of nitrogens with zero attached hydrogens (tertiary/aromatic N) is 3. The van der Waals surface area contributed by atoms with Crippen LogP contribution in [0.5, 0.6) is 0 Å². The third-order valence-corrected chi connectivity index (χ3v) is 3.01. The van der Waals surface area contributed by atoms with Gasteiger partial charge in [-0.25, -0.2) is 4.98 Å². The molecule has 0 amide bonds. The van der Waals surface area contributed by atoms with Crippen molar-refractivity contribution in [1.82, 2.24) is 4.98 Å². The number of hydrogen-bond acceptors (Lipinski definition) is 3. The molecule has 1 aromatic rings. The SMILES string of the molecule is C/C=C\N=C(C)c1cccc(C2=NC(C)CC2)n1. The summed E-state index contributed by atoms with van der Waals surface area (Å²) >= 11 is 0. The normalized spacial score (nSPS) is 20.5. The van der Waals surface area contributed by atoms with E-state index in [1.807, 2.05) is 38.1 Å². The minimum Gasteiger partial charge on any atom is -0.284 e. The standard InChI is InChI=1S/C15H19N3/c1-4-10-16-12(3)13-6-5-7-14(18-13)15-9-8-11(2)17-15/h4-7,10-11H,8-9H2,1-3H3/b10-4-,16-12?. The minimum absolute atomic E-state index is 0.434. The molecule has 3 nitrogen and oxygen atoms in total. The molecule has 1 unspecified atom stereocenters. The Labute approximate surface area is 108 Å². The lowest BCUT2D eigenvalue weighted by Gasteiger charge is -2.03. The molecule has 2 rings (SSSR count). The van der Waals surface area contributed by atoms with Crippen molar-refractivity contribution in [2.45, 2.75) is 39.7 Å². The average Bonchev–Trinajstić information content (AvgIpc) is 2.83. The van der Waals surface area contributed by atoms with Gasteiger partial charge in [0, 0.05) is 12.2 Å². The molecule has 1 aliphatic rings. The fourth-order valence-electron chi connectivity index (χ4n) is 1.98. The van der Waals surface area contributed by atoms with E-state index in [0.29, 0.717) is 6.04 Å². The van der Waals surface area contributed by atoms with Gasteiger partial charge in [-0.05, 0) is 45.7 Å². The number of aliphatic imine (C=N–C) groups is 2. The Morgan fingerprint density at radius 2 is 2.28 bits per heavy atom. The molecule has 0 N–H and O–H groups in total. The van der Waals surface area contributed by atoms with Gasteiger partial charge in [-0.3, -0.25) is 9.98 Å². The van der Waals surface area contributed by atoms with E-state index in [2.05, 4.69) is 21.9 Å². The molecule has 1 aliphatic heterocycles. The lowest BCUT2D eigenvalue weighted by molar-refractivity contribution is 0.739. The molecule has 1 aromatic heterocycles. The van der Waals surface area contributed by atoms with Gasteiger partial charge < -0.3 is 0 Å². The fourth-order valence-corrected chi connectivity index (χ4v) is 1.98. The van der Waals surface area contributed by atoms with Gasteiger partial charge in [0.25, 0.3) is 0 Å². The number of pyridine rings is 1. The molecular formula is C15H19N3. The Bertz CT molecular complexity index is 512. The lowest BCUT2D eigenvalue weighted by atomic mass is 10.1. The molecule has 0 bridgehead atoms. The van der Waals surface area contributed by atoms with Crippen molar-refractivity contribution in [3.8, 4) is 0 Å². The summed E-state index contributed by atoms with van der Waals surface area (Å²) in [6.45, 7) is 6.08. The maximum Gasteiger partial charge on any atom is 0.0849 e. The van der Waals surface area contributed by atoms with Crippen molar-refractivity contribution in [2.75, 3.05) is 0 Å². The summed E-state index contributed by atoms with van der Waals surface area (Å²) in [6.07, 6.45) is 5.87.